The molecule has 0 bridgehead atoms. The van der Waals surface area contributed by atoms with Crippen molar-refractivity contribution < 1.29 is 0 Å². The van der Waals surface area contributed by atoms with Crippen molar-refractivity contribution in [1.29, 1.82) is 0 Å². The zero-order valence-corrected chi connectivity index (χ0v) is 9.91. The molecule has 0 spiro atoms. The summed E-state index contributed by atoms with van der Waals surface area (Å²) in [5, 5.41) is 3.55. The van der Waals surface area contributed by atoms with Gasteiger partial charge in [-0.25, -0.2) is 0 Å². The highest BCUT2D eigenvalue weighted by molar-refractivity contribution is 5.26. The van der Waals surface area contributed by atoms with Crippen LogP contribution in [0.15, 0.2) is 24.3 Å². The Labute approximate surface area is 98.2 Å². The third-order valence-electron chi connectivity index (χ3n) is 3.22. The zero-order valence-electron chi connectivity index (χ0n) is 9.91. The topological polar surface area (TPSA) is 38.0 Å². The Balaban J connectivity index is 1.67. The van der Waals surface area contributed by atoms with Crippen molar-refractivity contribution in [2.75, 3.05) is 6.54 Å². The number of rotatable bonds is 7. The fraction of sp³-hybridized carbons (Fsp3) is 0.571. The van der Waals surface area contributed by atoms with Gasteiger partial charge >= 0.3 is 0 Å². The number of benzene rings is 1. The smallest absolute Gasteiger partial charge is 0.0180 e. The second-order valence-corrected chi connectivity index (χ2v) is 4.66. The molecule has 0 unspecified atom stereocenters. The van der Waals surface area contributed by atoms with Gasteiger partial charge < -0.3 is 11.1 Å². The van der Waals surface area contributed by atoms with Gasteiger partial charge in [0.25, 0.3) is 0 Å². The molecule has 1 aliphatic rings. The Bertz CT molecular complexity index is 318. The van der Waals surface area contributed by atoms with Gasteiger partial charge in [-0.05, 0) is 49.8 Å². The van der Waals surface area contributed by atoms with Crippen LogP contribution in [0.25, 0.3) is 0 Å². The molecule has 0 atom stereocenters. The number of hydrogen-bond donors (Lipinski definition) is 2. The first kappa shape index (κ1) is 11.6. The molecule has 1 saturated carbocycles. The van der Waals surface area contributed by atoms with Gasteiger partial charge in [0.1, 0.15) is 0 Å². The van der Waals surface area contributed by atoms with E-state index in [-0.39, 0.29) is 0 Å². The minimum absolute atomic E-state index is 0.663. The molecule has 16 heavy (non-hydrogen) atoms. The van der Waals surface area contributed by atoms with Gasteiger partial charge in [0.2, 0.25) is 0 Å². The second kappa shape index (κ2) is 6.02. The van der Waals surface area contributed by atoms with Crippen LogP contribution in [0, 0.1) is 0 Å². The monoisotopic (exact) mass is 218 g/mol. The van der Waals surface area contributed by atoms with Crippen LogP contribution in [0.5, 0.6) is 0 Å². The second-order valence-electron chi connectivity index (χ2n) is 4.66. The molecule has 0 aliphatic heterocycles. The van der Waals surface area contributed by atoms with E-state index in [2.05, 4.69) is 29.6 Å². The molecule has 0 radical (unpaired) electrons. The van der Waals surface area contributed by atoms with Crippen molar-refractivity contribution in [2.45, 2.75) is 44.7 Å². The van der Waals surface area contributed by atoms with E-state index in [9.17, 15) is 0 Å². The highest BCUT2D eigenvalue weighted by atomic mass is 14.9. The van der Waals surface area contributed by atoms with E-state index in [1.165, 1.54) is 49.8 Å². The Morgan fingerprint density at radius 2 is 1.88 bits per heavy atom. The molecule has 0 aromatic heterocycles. The summed E-state index contributed by atoms with van der Waals surface area (Å²) in [7, 11) is 0. The maximum atomic E-state index is 5.72. The molecule has 1 aromatic carbocycles. The van der Waals surface area contributed by atoms with Crippen LogP contribution in [-0.4, -0.2) is 12.6 Å². The van der Waals surface area contributed by atoms with E-state index in [0.717, 1.165) is 6.04 Å². The lowest BCUT2D eigenvalue weighted by atomic mass is 10.0. The lowest BCUT2D eigenvalue weighted by Gasteiger charge is -2.07. The molecule has 1 fully saturated rings. The van der Waals surface area contributed by atoms with Crippen LogP contribution >= 0.6 is 0 Å². The van der Waals surface area contributed by atoms with E-state index in [1.54, 1.807) is 0 Å². The van der Waals surface area contributed by atoms with Crippen LogP contribution in [0.4, 0.5) is 0 Å². The van der Waals surface area contributed by atoms with Crippen LogP contribution in [-0.2, 0) is 13.0 Å². The molecular weight excluding hydrogens is 196 g/mol. The summed E-state index contributed by atoms with van der Waals surface area (Å²) in [5.74, 6) is 0. The quantitative estimate of drug-likeness (QED) is 0.689. The van der Waals surface area contributed by atoms with E-state index in [1.807, 2.05) is 0 Å². The van der Waals surface area contributed by atoms with E-state index >= 15 is 0 Å². The lowest BCUT2D eigenvalue weighted by molar-refractivity contribution is 0.619. The number of hydrogen-bond acceptors (Lipinski definition) is 2. The van der Waals surface area contributed by atoms with E-state index < -0.39 is 0 Å². The minimum Gasteiger partial charge on any atom is -0.326 e. The Kier molecular flexibility index (Phi) is 4.37. The summed E-state index contributed by atoms with van der Waals surface area (Å²) in [5.41, 5.74) is 8.45. The minimum atomic E-state index is 0.663. The van der Waals surface area contributed by atoms with Crippen molar-refractivity contribution in [1.82, 2.24) is 5.32 Å². The molecule has 1 aliphatic carbocycles. The number of unbranched alkanes of at least 4 members (excludes halogenated alkanes) is 1. The first-order valence-corrected chi connectivity index (χ1v) is 6.40. The number of nitrogens with one attached hydrogen (secondary N) is 1. The molecule has 1 aromatic rings. The molecule has 0 heterocycles. The predicted molar refractivity (Wildman–Crippen MR) is 68.3 cm³/mol. The van der Waals surface area contributed by atoms with Gasteiger partial charge in [-0.2, -0.15) is 0 Å². The first-order chi connectivity index (χ1) is 7.90. The Morgan fingerprint density at radius 1 is 1.12 bits per heavy atom. The standard InChI is InChI=1S/C14H22N2/c15-11-13-7-2-1-5-12(13)6-3-4-10-16-14-8-9-14/h1-2,5,7,14,16H,3-4,6,8-11,15H2. The number of nitrogens with two attached hydrogens (primary N) is 1. The molecular formula is C14H22N2. The van der Waals surface area contributed by atoms with E-state index in [4.69, 9.17) is 5.73 Å². The lowest BCUT2D eigenvalue weighted by Crippen LogP contribution is -2.17. The fourth-order valence-corrected chi connectivity index (χ4v) is 2.03. The van der Waals surface area contributed by atoms with Crippen LogP contribution < -0.4 is 11.1 Å². The van der Waals surface area contributed by atoms with Gasteiger partial charge in [-0.1, -0.05) is 24.3 Å². The molecule has 0 saturated heterocycles. The van der Waals surface area contributed by atoms with E-state index in [0.29, 0.717) is 6.54 Å². The SMILES string of the molecule is NCc1ccccc1CCCCNC1CC1. The summed E-state index contributed by atoms with van der Waals surface area (Å²) in [6, 6.07) is 9.36. The van der Waals surface area contributed by atoms with Crippen molar-refractivity contribution >= 4 is 0 Å². The average Bonchev–Trinajstić information content (AvgIpc) is 3.13. The molecule has 2 heteroatoms. The van der Waals surface area contributed by atoms with Crippen molar-refractivity contribution in [3.63, 3.8) is 0 Å². The fourth-order valence-electron chi connectivity index (χ4n) is 2.03. The van der Waals surface area contributed by atoms with Gasteiger partial charge in [-0.15, -0.1) is 0 Å². The van der Waals surface area contributed by atoms with Gasteiger partial charge in [-0.3, -0.25) is 0 Å². The largest absolute Gasteiger partial charge is 0.326 e. The van der Waals surface area contributed by atoms with Crippen molar-refractivity contribution in [3.05, 3.63) is 35.4 Å². The molecule has 2 rings (SSSR count). The van der Waals surface area contributed by atoms with Gasteiger partial charge in [0.15, 0.2) is 0 Å². The molecule has 88 valence electrons. The third kappa shape index (κ3) is 3.62. The highest BCUT2D eigenvalue weighted by Crippen LogP contribution is 2.18. The van der Waals surface area contributed by atoms with Crippen molar-refractivity contribution in [3.8, 4) is 0 Å². The Morgan fingerprint density at radius 3 is 2.56 bits per heavy atom. The first-order valence-electron chi connectivity index (χ1n) is 6.40. The third-order valence-corrected chi connectivity index (χ3v) is 3.22. The maximum absolute atomic E-state index is 5.72. The zero-order chi connectivity index (χ0) is 11.2. The Hall–Kier alpha value is -0.860. The number of aryl methyl sites for hydroxylation is 1. The van der Waals surface area contributed by atoms with Gasteiger partial charge in [0, 0.05) is 12.6 Å². The summed E-state index contributed by atoms with van der Waals surface area (Å²) < 4.78 is 0. The molecule has 3 N–H and O–H groups in total. The van der Waals surface area contributed by atoms with Crippen LogP contribution in [0.1, 0.15) is 36.8 Å². The maximum Gasteiger partial charge on any atom is 0.0180 e. The summed E-state index contributed by atoms with van der Waals surface area (Å²) in [6.07, 6.45) is 6.47. The van der Waals surface area contributed by atoms with Crippen molar-refractivity contribution in [2.24, 2.45) is 5.73 Å². The normalized spacial score (nSPS) is 15.3. The average molecular weight is 218 g/mol. The molecule has 0 amide bonds. The summed E-state index contributed by atoms with van der Waals surface area (Å²) in [6.45, 7) is 1.84. The van der Waals surface area contributed by atoms with Crippen LogP contribution in [0.2, 0.25) is 0 Å². The summed E-state index contributed by atoms with van der Waals surface area (Å²) >= 11 is 0. The van der Waals surface area contributed by atoms with Crippen LogP contribution in [0.3, 0.4) is 0 Å². The molecule has 2 nitrogen and oxygen atoms in total. The predicted octanol–water partition coefficient (Wildman–Crippen LogP) is 2.22. The highest BCUT2D eigenvalue weighted by Gasteiger charge is 2.19. The summed E-state index contributed by atoms with van der Waals surface area (Å²) in [4.78, 5) is 0. The van der Waals surface area contributed by atoms with Gasteiger partial charge in [0.05, 0.1) is 0 Å².